The number of nitriles is 1. The predicted molar refractivity (Wildman–Crippen MR) is 65.2 cm³/mol. The molecule has 0 amide bonds. The van der Waals surface area contributed by atoms with Crippen molar-refractivity contribution in [2.75, 3.05) is 0 Å². The molecule has 16 heavy (non-hydrogen) atoms. The molecule has 2 nitrogen and oxygen atoms in total. The summed E-state index contributed by atoms with van der Waals surface area (Å²) >= 11 is 0. The molecule has 0 fully saturated rings. The van der Waals surface area contributed by atoms with Crippen molar-refractivity contribution in [2.45, 2.75) is 20.8 Å². The Kier molecular flexibility index (Phi) is 2.54. The van der Waals surface area contributed by atoms with Crippen LogP contribution in [0.5, 0.6) is 0 Å². The minimum absolute atomic E-state index is 0.718. The fourth-order valence-corrected chi connectivity index (χ4v) is 1.94. The fraction of sp³-hybridized carbons (Fsp3) is 0.214. The summed E-state index contributed by atoms with van der Waals surface area (Å²) < 4.78 is 0. The number of rotatable bonds is 1. The molecule has 0 atom stereocenters. The van der Waals surface area contributed by atoms with Crippen LogP contribution in [-0.2, 0) is 0 Å². The minimum Gasteiger partial charge on any atom is -0.358 e. The van der Waals surface area contributed by atoms with Gasteiger partial charge in [0.25, 0.3) is 0 Å². The second-order valence-electron chi connectivity index (χ2n) is 4.15. The molecule has 1 N–H and O–H groups in total. The molecule has 80 valence electrons. The Bertz CT molecular complexity index is 571. The summed E-state index contributed by atoms with van der Waals surface area (Å²) in [7, 11) is 0. The lowest BCUT2D eigenvalue weighted by molar-refractivity contribution is 1.24. The van der Waals surface area contributed by atoms with Gasteiger partial charge in [0.2, 0.25) is 0 Å². The molecule has 1 aromatic heterocycles. The van der Waals surface area contributed by atoms with Crippen molar-refractivity contribution in [3.8, 4) is 17.3 Å². The highest BCUT2D eigenvalue weighted by atomic mass is 14.7. The van der Waals surface area contributed by atoms with Crippen LogP contribution in [0.2, 0.25) is 0 Å². The molecule has 0 saturated carbocycles. The summed E-state index contributed by atoms with van der Waals surface area (Å²) in [6.07, 6.45) is 0. The second-order valence-corrected chi connectivity index (χ2v) is 4.15. The lowest BCUT2D eigenvalue weighted by Crippen LogP contribution is -1.84. The number of H-pyrrole nitrogens is 1. The van der Waals surface area contributed by atoms with Crippen LogP contribution in [0.1, 0.15) is 22.4 Å². The van der Waals surface area contributed by atoms with E-state index < -0.39 is 0 Å². The zero-order valence-electron chi connectivity index (χ0n) is 9.76. The monoisotopic (exact) mass is 210 g/mol. The van der Waals surface area contributed by atoms with E-state index >= 15 is 0 Å². The van der Waals surface area contributed by atoms with E-state index in [1.54, 1.807) is 0 Å². The maximum atomic E-state index is 8.92. The Labute approximate surface area is 95.6 Å². The van der Waals surface area contributed by atoms with E-state index in [4.69, 9.17) is 5.26 Å². The van der Waals surface area contributed by atoms with Gasteiger partial charge in [-0.2, -0.15) is 5.26 Å². The topological polar surface area (TPSA) is 39.6 Å². The first-order valence-electron chi connectivity index (χ1n) is 5.29. The van der Waals surface area contributed by atoms with Gasteiger partial charge >= 0.3 is 0 Å². The van der Waals surface area contributed by atoms with Crippen molar-refractivity contribution in [2.24, 2.45) is 0 Å². The molecule has 0 aliphatic heterocycles. The van der Waals surface area contributed by atoms with Crippen molar-refractivity contribution in [1.29, 1.82) is 5.26 Å². The largest absolute Gasteiger partial charge is 0.358 e. The Balaban J connectivity index is 2.55. The van der Waals surface area contributed by atoms with Gasteiger partial charge in [-0.05, 0) is 32.4 Å². The van der Waals surface area contributed by atoms with Gasteiger partial charge in [-0.3, -0.25) is 0 Å². The molecular weight excluding hydrogens is 196 g/mol. The highest BCUT2D eigenvalue weighted by Crippen LogP contribution is 2.25. The van der Waals surface area contributed by atoms with E-state index in [9.17, 15) is 0 Å². The first kappa shape index (κ1) is 10.5. The van der Waals surface area contributed by atoms with Gasteiger partial charge in [-0.1, -0.05) is 23.8 Å². The van der Waals surface area contributed by atoms with Crippen LogP contribution in [0.3, 0.4) is 0 Å². The predicted octanol–water partition coefficient (Wildman–Crippen LogP) is 3.48. The number of hydrogen-bond acceptors (Lipinski definition) is 1. The molecule has 0 saturated heterocycles. The van der Waals surface area contributed by atoms with Crippen LogP contribution < -0.4 is 0 Å². The first-order valence-corrected chi connectivity index (χ1v) is 5.29. The average Bonchev–Trinajstić information content (AvgIpc) is 2.59. The second kappa shape index (κ2) is 3.86. The van der Waals surface area contributed by atoms with Gasteiger partial charge in [-0.15, -0.1) is 0 Å². The van der Waals surface area contributed by atoms with Crippen LogP contribution in [0, 0.1) is 32.1 Å². The third-order valence-electron chi connectivity index (χ3n) is 2.81. The Hall–Kier alpha value is -2.01. The molecule has 1 heterocycles. The highest BCUT2D eigenvalue weighted by molar-refractivity contribution is 5.66. The zero-order chi connectivity index (χ0) is 11.7. The van der Waals surface area contributed by atoms with E-state index in [1.165, 1.54) is 11.1 Å². The summed E-state index contributed by atoms with van der Waals surface area (Å²) in [5, 5.41) is 8.92. The lowest BCUT2D eigenvalue weighted by Gasteiger charge is -2.04. The first-order chi connectivity index (χ1) is 7.61. The zero-order valence-corrected chi connectivity index (χ0v) is 9.76. The molecule has 0 unspecified atom stereocenters. The van der Waals surface area contributed by atoms with Gasteiger partial charge < -0.3 is 4.98 Å². The van der Waals surface area contributed by atoms with Crippen molar-refractivity contribution in [3.05, 3.63) is 46.6 Å². The van der Waals surface area contributed by atoms with Crippen molar-refractivity contribution >= 4 is 0 Å². The van der Waals surface area contributed by atoms with Crippen LogP contribution >= 0.6 is 0 Å². The number of aromatic amines is 1. The molecule has 0 aliphatic carbocycles. The van der Waals surface area contributed by atoms with Gasteiger partial charge in [0, 0.05) is 17.0 Å². The van der Waals surface area contributed by atoms with Crippen LogP contribution in [0.15, 0.2) is 24.3 Å². The normalized spacial score (nSPS) is 10.1. The van der Waals surface area contributed by atoms with E-state index in [-0.39, 0.29) is 0 Å². The Morgan fingerprint density at radius 2 is 1.88 bits per heavy atom. The van der Waals surface area contributed by atoms with Crippen molar-refractivity contribution in [3.63, 3.8) is 0 Å². The van der Waals surface area contributed by atoms with Gasteiger partial charge in [0.15, 0.2) is 0 Å². The molecule has 0 spiro atoms. The Morgan fingerprint density at radius 1 is 1.12 bits per heavy atom. The third kappa shape index (κ3) is 1.72. The smallest absolute Gasteiger partial charge is 0.101 e. The van der Waals surface area contributed by atoms with E-state index in [0.717, 1.165) is 22.5 Å². The number of hydrogen-bond donors (Lipinski definition) is 1. The number of nitrogens with zero attached hydrogens (tertiary/aromatic N) is 1. The summed E-state index contributed by atoms with van der Waals surface area (Å²) in [6, 6.07) is 10.4. The maximum Gasteiger partial charge on any atom is 0.101 e. The highest BCUT2D eigenvalue weighted by Gasteiger charge is 2.07. The molecule has 0 radical (unpaired) electrons. The van der Waals surface area contributed by atoms with Crippen molar-refractivity contribution in [1.82, 2.24) is 4.98 Å². The number of aromatic nitrogens is 1. The number of nitrogens with one attached hydrogen (secondary N) is 1. The molecule has 2 rings (SSSR count). The molecule has 2 aromatic rings. The van der Waals surface area contributed by atoms with Gasteiger partial charge in [0.05, 0.1) is 5.56 Å². The fourth-order valence-electron chi connectivity index (χ4n) is 1.94. The van der Waals surface area contributed by atoms with Crippen LogP contribution in [0.25, 0.3) is 11.3 Å². The van der Waals surface area contributed by atoms with Gasteiger partial charge in [-0.25, -0.2) is 0 Å². The van der Waals surface area contributed by atoms with E-state index in [0.29, 0.717) is 0 Å². The summed E-state index contributed by atoms with van der Waals surface area (Å²) in [6.45, 7) is 6.09. The van der Waals surface area contributed by atoms with E-state index in [2.05, 4.69) is 43.1 Å². The van der Waals surface area contributed by atoms with Gasteiger partial charge in [0.1, 0.15) is 6.07 Å². The summed E-state index contributed by atoms with van der Waals surface area (Å²) in [5.41, 5.74) is 6.31. The number of aryl methyl sites for hydroxylation is 3. The minimum atomic E-state index is 0.718. The summed E-state index contributed by atoms with van der Waals surface area (Å²) in [5.74, 6) is 0. The average molecular weight is 210 g/mol. The van der Waals surface area contributed by atoms with Crippen molar-refractivity contribution < 1.29 is 0 Å². The third-order valence-corrected chi connectivity index (χ3v) is 2.81. The van der Waals surface area contributed by atoms with Crippen LogP contribution in [0.4, 0.5) is 0 Å². The molecule has 2 heteroatoms. The molecule has 0 aliphatic rings. The lowest BCUT2D eigenvalue weighted by atomic mass is 10.0. The van der Waals surface area contributed by atoms with E-state index in [1.807, 2.05) is 13.0 Å². The molecule has 0 bridgehead atoms. The standard InChI is InChI=1S/C14H14N2/c1-9-4-5-13(10(2)6-9)14-7-12(8-15)11(3)16-14/h4-7,16H,1-3H3. The SMILES string of the molecule is Cc1ccc(-c2cc(C#N)c(C)[nH]2)c(C)c1. The Morgan fingerprint density at radius 3 is 2.44 bits per heavy atom. The molecular formula is C14H14N2. The molecule has 1 aromatic carbocycles. The quantitative estimate of drug-likeness (QED) is 0.769. The summed E-state index contributed by atoms with van der Waals surface area (Å²) in [4.78, 5) is 3.25. The van der Waals surface area contributed by atoms with Crippen LogP contribution in [-0.4, -0.2) is 4.98 Å². The number of benzene rings is 1. The maximum absolute atomic E-state index is 8.92.